The van der Waals surface area contributed by atoms with Crippen molar-refractivity contribution in [1.29, 1.82) is 0 Å². The van der Waals surface area contributed by atoms with E-state index < -0.39 is 0 Å². The molecular weight excluding hydrogens is 394 g/mol. The summed E-state index contributed by atoms with van der Waals surface area (Å²) in [5.74, 6) is -0.226. The molecule has 0 saturated carbocycles. The smallest absolute Gasteiger partial charge is 0.279 e. The second-order valence-electron chi connectivity index (χ2n) is 6.61. The van der Waals surface area contributed by atoms with Gasteiger partial charge < -0.3 is 15.5 Å². The van der Waals surface area contributed by atoms with Gasteiger partial charge in [0.1, 0.15) is 0 Å². The summed E-state index contributed by atoms with van der Waals surface area (Å²) in [6, 6.07) is 11.5. The standard InChI is InChI=1S/C20H24BrN3O2/c1-13-6-5-7-18(15(13)3)23-20(26)12-24(4)11-19(25)22-17-9-8-16(21)10-14(17)2/h5-10H,11-12H2,1-4H3,(H,22,25)(H,23,26)/p+1. The van der Waals surface area contributed by atoms with Gasteiger partial charge in [0.25, 0.3) is 11.8 Å². The molecule has 6 heteroatoms. The molecule has 0 aliphatic rings. The lowest BCUT2D eigenvalue weighted by Gasteiger charge is -2.15. The number of amides is 2. The number of benzene rings is 2. The van der Waals surface area contributed by atoms with Crippen molar-refractivity contribution in [2.75, 3.05) is 30.8 Å². The van der Waals surface area contributed by atoms with Gasteiger partial charge in [0.2, 0.25) is 0 Å². The van der Waals surface area contributed by atoms with Crippen LogP contribution in [0.2, 0.25) is 0 Å². The first-order valence-corrected chi connectivity index (χ1v) is 9.29. The van der Waals surface area contributed by atoms with Crippen molar-refractivity contribution in [2.24, 2.45) is 0 Å². The van der Waals surface area contributed by atoms with Gasteiger partial charge in [-0.25, -0.2) is 0 Å². The molecule has 0 heterocycles. The van der Waals surface area contributed by atoms with E-state index in [-0.39, 0.29) is 24.9 Å². The van der Waals surface area contributed by atoms with Gasteiger partial charge in [-0.1, -0.05) is 28.1 Å². The van der Waals surface area contributed by atoms with E-state index in [1.54, 1.807) is 0 Å². The molecule has 1 unspecified atom stereocenters. The van der Waals surface area contributed by atoms with E-state index in [2.05, 4.69) is 26.6 Å². The Morgan fingerprint density at radius 1 is 0.923 bits per heavy atom. The third-order valence-electron chi connectivity index (χ3n) is 4.27. The predicted molar refractivity (Wildman–Crippen MR) is 109 cm³/mol. The molecule has 2 aromatic carbocycles. The number of nitrogens with one attached hydrogen (secondary N) is 3. The summed E-state index contributed by atoms with van der Waals surface area (Å²) in [5.41, 5.74) is 4.77. The van der Waals surface area contributed by atoms with Crippen molar-refractivity contribution in [1.82, 2.24) is 0 Å². The highest BCUT2D eigenvalue weighted by Crippen LogP contribution is 2.20. The Hall–Kier alpha value is -2.18. The molecule has 0 saturated heterocycles. The van der Waals surface area contributed by atoms with Crippen molar-refractivity contribution in [2.45, 2.75) is 20.8 Å². The van der Waals surface area contributed by atoms with Gasteiger partial charge >= 0.3 is 0 Å². The maximum absolute atomic E-state index is 12.2. The average molecular weight is 419 g/mol. The molecule has 2 aromatic rings. The zero-order chi connectivity index (χ0) is 19.3. The molecule has 0 fully saturated rings. The van der Waals surface area contributed by atoms with Gasteiger partial charge in [0.05, 0.1) is 7.05 Å². The van der Waals surface area contributed by atoms with E-state index in [1.165, 1.54) is 0 Å². The maximum atomic E-state index is 12.2. The number of anilines is 2. The fraction of sp³-hybridized carbons (Fsp3) is 0.300. The van der Waals surface area contributed by atoms with Crippen LogP contribution in [0.3, 0.4) is 0 Å². The minimum Gasteiger partial charge on any atom is -0.322 e. The number of quaternary nitrogens is 1. The number of carbonyl (C=O) groups excluding carboxylic acids is 2. The monoisotopic (exact) mass is 418 g/mol. The summed E-state index contributed by atoms with van der Waals surface area (Å²) in [6.45, 7) is 6.37. The first-order chi connectivity index (χ1) is 12.3. The number of hydrogen-bond acceptors (Lipinski definition) is 2. The highest BCUT2D eigenvalue weighted by Gasteiger charge is 2.16. The quantitative estimate of drug-likeness (QED) is 0.674. The lowest BCUT2D eigenvalue weighted by Crippen LogP contribution is -3.11. The maximum Gasteiger partial charge on any atom is 0.279 e. The molecule has 26 heavy (non-hydrogen) atoms. The van der Waals surface area contributed by atoms with Gasteiger partial charge in [0, 0.05) is 15.8 Å². The van der Waals surface area contributed by atoms with E-state index in [9.17, 15) is 9.59 Å². The Balaban J connectivity index is 1.87. The topological polar surface area (TPSA) is 62.6 Å². The third-order valence-corrected chi connectivity index (χ3v) is 4.76. The van der Waals surface area contributed by atoms with E-state index in [4.69, 9.17) is 0 Å². The zero-order valence-corrected chi connectivity index (χ0v) is 17.2. The van der Waals surface area contributed by atoms with Crippen LogP contribution in [0, 0.1) is 20.8 Å². The molecule has 1 atom stereocenters. The molecule has 3 N–H and O–H groups in total. The number of carbonyl (C=O) groups is 2. The molecule has 0 spiro atoms. The normalized spacial score (nSPS) is 11.7. The molecule has 138 valence electrons. The van der Waals surface area contributed by atoms with Crippen LogP contribution >= 0.6 is 15.9 Å². The van der Waals surface area contributed by atoms with Crippen LogP contribution in [0.25, 0.3) is 0 Å². The van der Waals surface area contributed by atoms with Crippen LogP contribution in [0.5, 0.6) is 0 Å². The minimum absolute atomic E-state index is 0.108. The van der Waals surface area contributed by atoms with Crippen molar-refractivity contribution < 1.29 is 14.5 Å². The summed E-state index contributed by atoms with van der Waals surface area (Å²) in [7, 11) is 1.83. The van der Waals surface area contributed by atoms with Crippen molar-refractivity contribution >= 4 is 39.1 Å². The molecular formula is C20H25BrN3O2+. The van der Waals surface area contributed by atoms with Crippen LogP contribution < -0.4 is 15.5 Å². The number of aryl methyl sites for hydroxylation is 2. The van der Waals surface area contributed by atoms with Gasteiger partial charge in [-0.2, -0.15) is 0 Å². The number of halogens is 1. The number of rotatable bonds is 6. The lowest BCUT2D eigenvalue weighted by molar-refractivity contribution is -0.862. The van der Waals surface area contributed by atoms with Gasteiger partial charge in [-0.15, -0.1) is 0 Å². The van der Waals surface area contributed by atoms with Crippen LogP contribution in [-0.2, 0) is 9.59 Å². The number of hydrogen-bond donors (Lipinski definition) is 3. The van der Waals surface area contributed by atoms with E-state index in [0.717, 1.165) is 37.4 Å². The second-order valence-corrected chi connectivity index (χ2v) is 7.53. The largest absolute Gasteiger partial charge is 0.322 e. The highest BCUT2D eigenvalue weighted by atomic mass is 79.9. The Morgan fingerprint density at radius 2 is 1.54 bits per heavy atom. The average Bonchev–Trinajstić information content (AvgIpc) is 2.54. The molecule has 0 radical (unpaired) electrons. The summed E-state index contributed by atoms with van der Waals surface area (Å²) >= 11 is 3.41. The van der Waals surface area contributed by atoms with Crippen molar-refractivity contribution in [3.8, 4) is 0 Å². The first kappa shape index (κ1) is 20.1. The predicted octanol–water partition coefficient (Wildman–Crippen LogP) is 2.47. The van der Waals surface area contributed by atoms with Crippen molar-refractivity contribution in [3.05, 3.63) is 57.6 Å². The number of likely N-dealkylation sites (N-methyl/N-ethyl adjacent to an activating group) is 1. The van der Waals surface area contributed by atoms with Crippen molar-refractivity contribution in [3.63, 3.8) is 0 Å². The fourth-order valence-electron chi connectivity index (χ4n) is 2.65. The summed E-state index contributed by atoms with van der Waals surface area (Å²) in [6.07, 6.45) is 0. The fourth-order valence-corrected chi connectivity index (χ4v) is 3.13. The van der Waals surface area contributed by atoms with Gasteiger partial charge in [-0.3, -0.25) is 9.59 Å². The Morgan fingerprint density at radius 3 is 2.15 bits per heavy atom. The van der Waals surface area contributed by atoms with Crippen LogP contribution in [0.4, 0.5) is 11.4 Å². The summed E-state index contributed by atoms with van der Waals surface area (Å²) in [4.78, 5) is 25.3. The van der Waals surface area contributed by atoms with E-state index in [1.807, 2.05) is 64.2 Å². The molecule has 0 aliphatic carbocycles. The minimum atomic E-state index is -0.118. The van der Waals surface area contributed by atoms with Crippen LogP contribution in [-0.4, -0.2) is 32.0 Å². The molecule has 2 amide bonds. The van der Waals surface area contributed by atoms with E-state index >= 15 is 0 Å². The Labute approximate surface area is 162 Å². The Bertz CT molecular complexity index is 821. The van der Waals surface area contributed by atoms with Gasteiger partial charge in [-0.05, 0) is 61.7 Å². The van der Waals surface area contributed by atoms with Crippen LogP contribution in [0.15, 0.2) is 40.9 Å². The SMILES string of the molecule is Cc1cc(Br)ccc1NC(=O)C[NH+](C)CC(=O)Nc1cccc(C)c1C. The molecule has 2 rings (SSSR count). The Kier molecular flexibility index (Phi) is 6.94. The van der Waals surface area contributed by atoms with Crippen LogP contribution in [0.1, 0.15) is 16.7 Å². The highest BCUT2D eigenvalue weighted by molar-refractivity contribution is 9.10. The zero-order valence-electron chi connectivity index (χ0n) is 15.6. The molecule has 5 nitrogen and oxygen atoms in total. The lowest BCUT2D eigenvalue weighted by atomic mass is 10.1. The second kappa shape index (κ2) is 8.96. The third kappa shape index (κ3) is 5.68. The molecule has 0 bridgehead atoms. The van der Waals surface area contributed by atoms with E-state index in [0.29, 0.717) is 0 Å². The first-order valence-electron chi connectivity index (χ1n) is 8.49. The molecule has 0 aromatic heterocycles. The van der Waals surface area contributed by atoms with Gasteiger partial charge in [0.15, 0.2) is 13.1 Å². The summed E-state index contributed by atoms with van der Waals surface area (Å²) < 4.78 is 0.971. The molecule has 0 aliphatic heterocycles. The summed E-state index contributed by atoms with van der Waals surface area (Å²) in [5, 5.41) is 5.82.